The molecule has 1 aliphatic heterocycles. The lowest BCUT2D eigenvalue weighted by atomic mass is 10.2. The first-order valence-electron chi connectivity index (χ1n) is 5.32. The number of amides is 1. The van der Waals surface area contributed by atoms with Crippen LogP contribution in [0.4, 0.5) is 0 Å². The van der Waals surface area contributed by atoms with Gasteiger partial charge in [-0.05, 0) is 42.9 Å². The molecule has 0 aliphatic carbocycles. The third kappa shape index (κ3) is 2.51. The Balaban J connectivity index is 2.32. The molecule has 0 saturated carbocycles. The van der Waals surface area contributed by atoms with Gasteiger partial charge in [0.1, 0.15) is 5.70 Å². The summed E-state index contributed by atoms with van der Waals surface area (Å²) in [5, 5.41) is 4.24. The Labute approximate surface area is 120 Å². The maximum Gasteiger partial charge on any atom is 0.276 e. The van der Waals surface area contributed by atoms with Crippen LogP contribution in [0.1, 0.15) is 12.5 Å². The second kappa shape index (κ2) is 5.26. The van der Waals surface area contributed by atoms with Crippen LogP contribution in [0.3, 0.4) is 0 Å². The van der Waals surface area contributed by atoms with Crippen molar-refractivity contribution in [3.8, 4) is 0 Å². The van der Waals surface area contributed by atoms with E-state index in [2.05, 4.69) is 5.32 Å². The van der Waals surface area contributed by atoms with Crippen molar-refractivity contribution in [3.63, 3.8) is 0 Å². The van der Waals surface area contributed by atoms with Crippen molar-refractivity contribution < 1.29 is 4.79 Å². The molecule has 6 heteroatoms. The van der Waals surface area contributed by atoms with Gasteiger partial charge in [0.05, 0.1) is 10.0 Å². The number of nitrogens with one attached hydrogen (secondary N) is 1. The van der Waals surface area contributed by atoms with Crippen LogP contribution in [0.5, 0.6) is 0 Å². The highest BCUT2D eigenvalue weighted by Gasteiger charge is 2.28. The second-order valence-corrected chi connectivity index (χ2v) is 4.91. The topological polar surface area (TPSA) is 32.3 Å². The van der Waals surface area contributed by atoms with Crippen LogP contribution in [-0.4, -0.2) is 22.5 Å². The zero-order valence-corrected chi connectivity index (χ0v) is 11.9. The Bertz CT molecular complexity index is 557. The first-order chi connectivity index (χ1) is 8.52. The summed E-state index contributed by atoms with van der Waals surface area (Å²) in [6, 6.07) is 5.17. The Kier molecular flexibility index (Phi) is 3.90. The third-order valence-electron chi connectivity index (χ3n) is 2.53. The molecule has 1 saturated heterocycles. The summed E-state index contributed by atoms with van der Waals surface area (Å²) in [7, 11) is 0. The van der Waals surface area contributed by atoms with Crippen LogP contribution in [0.25, 0.3) is 6.08 Å². The normalized spacial score (nSPS) is 17.5. The van der Waals surface area contributed by atoms with Gasteiger partial charge in [-0.2, -0.15) is 0 Å². The molecule has 1 aromatic carbocycles. The molecule has 1 N–H and O–H groups in total. The van der Waals surface area contributed by atoms with Crippen molar-refractivity contribution in [2.45, 2.75) is 6.92 Å². The fraction of sp³-hybridized carbons (Fsp3) is 0.167. The summed E-state index contributed by atoms with van der Waals surface area (Å²) in [6.45, 7) is 2.41. The first kappa shape index (κ1) is 13.3. The summed E-state index contributed by atoms with van der Waals surface area (Å²) >= 11 is 16.8. The Morgan fingerprint density at radius 1 is 1.39 bits per heavy atom. The van der Waals surface area contributed by atoms with Crippen LogP contribution >= 0.6 is 35.4 Å². The van der Waals surface area contributed by atoms with Gasteiger partial charge in [0.25, 0.3) is 5.91 Å². The standard InChI is InChI=1S/C12H10Cl2N2OS/c1-2-16-11(17)10(15-12(16)18)6-7-3-4-8(13)9(14)5-7/h3-6H,2H2,1H3,(H,15,18)/b10-6+. The van der Waals surface area contributed by atoms with Gasteiger partial charge >= 0.3 is 0 Å². The summed E-state index contributed by atoms with van der Waals surface area (Å²) in [5.74, 6) is -0.131. The SMILES string of the molecule is CCN1C(=O)/C(=C\c2ccc(Cl)c(Cl)c2)NC1=S. The quantitative estimate of drug-likeness (QED) is 0.673. The molecule has 0 radical (unpaired) electrons. The minimum absolute atomic E-state index is 0.131. The van der Waals surface area contributed by atoms with E-state index in [4.69, 9.17) is 35.4 Å². The Hall–Kier alpha value is -1.10. The van der Waals surface area contributed by atoms with Crippen molar-refractivity contribution in [2.24, 2.45) is 0 Å². The van der Waals surface area contributed by atoms with Crippen molar-refractivity contribution in [1.82, 2.24) is 10.2 Å². The van der Waals surface area contributed by atoms with Crippen LogP contribution in [-0.2, 0) is 4.79 Å². The second-order valence-electron chi connectivity index (χ2n) is 3.71. The van der Waals surface area contributed by atoms with E-state index >= 15 is 0 Å². The van der Waals surface area contributed by atoms with E-state index in [0.29, 0.717) is 27.4 Å². The van der Waals surface area contributed by atoms with Gasteiger partial charge in [0.2, 0.25) is 0 Å². The number of benzene rings is 1. The number of thiocarbonyl (C=S) groups is 1. The van der Waals surface area contributed by atoms with E-state index < -0.39 is 0 Å². The molecule has 2 rings (SSSR count). The molecule has 0 bridgehead atoms. The average Bonchev–Trinajstić information content (AvgIpc) is 2.59. The highest BCUT2D eigenvalue weighted by molar-refractivity contribution is 7.80. The largest absolute Gasteiger partial charge is 0.328 e. The van der Waals surface area contributed by atoms with Gasteiger partial charge in [-0.25, -0.2) is 0 Å². The molecule has 1 aromatic rings. The molecule has 3 nitrogen and oxygen atoms in total. The fourth-order valence-corrected chi connectivity index (χ4v) is 2.26. The molecule has 1 heterocycles. The van der Waals surface area contributed by atoms with Gasteiger partial charge in [0.15, 0.2) is 5.11 Å². The van der Waals surface area contributed by atoms with Gasteiger partial charge in [-0.15, -0.1) is 0 Å². The molecule has 0 atom stereocenters. The van der Waals surface area contributed by atoms with Crippen LogP contribution in [0.15, 0.2) is 23.9 Å². The van der Waals surface area contributed by atoms with Gasteiger partial charge in [0, 0.05) is 6.54 Å². The maximum atomic E-state index is 12.0. The number of hydrogen-bond donors (Lipinski definition) is 1. The van der Waals surface area contributed by atoms with Crippen molar-refractivity contribution in [3.05, 3.63) is 39.5 Å². The van der Waals surface area contributed by atoms with E-state index in [1.54, 1.807) is 24.3 Å². The zero-order chi connectivity index (χ0) is 13.3. The molecular weight excluding hydrogens is 291 g/mol. The van der Waals surface area contributed by atoms with Crippen LogP contribution in [0.2, 0.25) is 10.0 Å². The van der Waals surface area contributed by atoms with E-state index in [-0.39, 0.29) is 5.91 Å². The summed E-state index contributed by atoms with van der Waals surface area (Å²) in [5.41, 5.74) is 1.24. The first-order valence-corrected chi connectivity index (χ1v) is 6.49. The maximum absolute atomic E-state index is 12.0. The Morgan fingerprint density at radius 2 is 2.11 bits per heavy atom. The lowest BCUT2D eigenvalue weighted by molar-refractivity contribution is -0.122. The van der Waals surface area contributed by atoms with Gasteiger partial charge in [-0.3, -0.25) is 9.69 Å². The van der Waals surface area contributed by atoms with E-state index in [1.807, 2.05) is 6.92 Å². The molecule has 1 aliphatic rings. The van der Waals surface area contributed by atoms with Crippen molar-refractivity contribution >= 4 is 52.5 Å². The number of hydrogen-bond acceptors (Lipinski definition) is 2. The molecule has 0 aromatic heterocycles. The average molecular weight is 301 g/mol. The summed E-state index contributed by atoms with van der Waals surface area (Å²) < 4.78 is 0. The molecule has 94 valence electrons. The molecule has 18 heavy (non-hydrogen) atoms. The molecule has 1 amide bonds. The molecule has 0 unspecified atom stereocenters. The summed E-state index contributed by atoms with van der Waals surface area (Å²) in [4.78, 5) is 13.5. The highest BCUT2D eigenvalue weighted by atomic mass is 35.5. The van der Waals surface area contributed by atoms with Gasteiger partial charge < -0.3 is 5.32 Å². The predicted octanol–water partition coefficient (Wildman–Crippen LogP) is 3.07. The van der Waals surface area contributed by atoms with Crippen LogP contribution < -0.4 is 5.32 Å². The van der Waals surface area contributed by atoms with Crippen LogP contribution in [0, 0.1) is 0 Å². The minimum atomic E-state index is -0.131. The lowest BCUT2D eigenvalue weighted by Crippen LogP contribution is -2.30. The summed E-state index contributed by atoms with van der Waals surface area (Å²) in [6.07, 6.45) is 1.70. The number of likely N-dealkylation sites (N-methyl/N-ethyl adjacent to an activating group) is 1. The molecule has 1 fully saturated rings. The molecule has 0 spiro atoms. The van der Waals surface area contributed by atoms with E-state index in [9.17, 15) is 4.79 Å². The lowest BCUT2D eigenvalue weighted by Gasteiger charge is -2.08. The smallest absolute Gasteiger partial charge is 0.276 e. The monoisotopic (exact) mass is 300 g/mol. The predicted molar refractivity (Wildman–Crippen MR) is 77.6 cm³/mol. The number of carbonyl (C=O) groups is 1. The number of rotatable bonds is 2. The fourth-order valence-electron chi connectivity index (χ4n) is 1.63. The van der Waals surface area contributed by atoms with Gasteiger partial charge in [-0.1, -0.05) is 29.3 Å². The van der Waals surface area contributed by atoms with Crippen molar-refractivity contribution in [2.75, 3.05) is 6.54 Å². The number of carbonyl (C=O) groups excluding carboxylic acids is 1. The molecular formula is C12H10Cl2N2OS. The zero-order valence-electron chi connectivity index (χ0n) is 9.54. The Morgan fingerprint density at radius 3 is 2.67 bits per heavy atom. The minimum Gasteiger partial charge on any atom is -0.328 e. The highest BCUT2D eigenvalue weighted by Crippen LogP contribution is 2.24. The van der Waals surface area contributed by atoms with E-state index in [0.717, 1.165) is 5.56 Å². The number of halogens is 2. The van der Waals surface area contributed by atoms with Crippen molar-refractivity contribution in [1.29, 1.82) is 0 Å². The van der Waals surface area contributed by atoms with E-state index in [1.165, 1.54) is 4.90 Å². The third-order valence-corrected chi connectivity index (χ3v) is 3.59. The number of nitrogens with zero attached hydrogens (tertiary/aromatic N) is 1.